The molecule has 0 saturated heterocycles. The van der Waals surface area contributed by atoms with E-state index in [1.165, 1.54) is 7.11 Å². The van der Waals surface area contributed by atoms with Crippen molar-refractivity contribution in [2.45, 2.75) is 19.4 Å². The lowest BCUT2D eigenvalue weighted by molar-refractivity contribution is 0.192. The monoisotopic (exact) mass is 239 g/mol. The fourth-order valence-corrected chi connectivity index (χ4v) is 2.38. The third kappa shape index (κ3) is 8.80. The van der Waals surface area contributed by atoms with Gasteiger partial charge in [-0.25, -0.2) is 8.42 Å². The molecule has 0 aliphatic heterocycles. The minimum Gasteiger partial charge on any atom is -0.391 e. The third-order valence-electron chi connectivity index (χ3n) is 1.85. The lowest BCUT2D eigenvalue weighted by atomic mass is 10.4. The Hall–Kier alpha value is -0.170. The zero-order valence-corrected chi connectivity index (χ0v) is 10.2. The highest BCUT2D eigenvalue weighted by Crippen LogP contribution is 1.95. The maximum Gasteiger partial charge on any atom is 0.155 e. The molecule has 0 aromatic carbocycles. The molecule has 0 saturated carbocycles. The summed E-state index contributed by atoms with van der Waals surface area (Å²) in [5.41, 5.74) is 0. The van der Waals surface area contributed by atoms with Crippen molar-refractivity contribution in [2.75, 3.05) is 38.3 Å². The molecule has 0 aromatic rings. The predicted molar refractivity (Wildman–Crippen MR) is 59.7 cm³/mol. The Morgan fingerprint density at radius 3 is 2.67 bits per heavy atom. The average molecular weight is 239 g/mol. The van der Waals surface area contributed by atoms with E-state index in [-0.39, 0.29) is 18.1 Å². The topological polar surface area (TPSA) is 75.6 Å². The van der Waals surface area contributed by atoms with Crippen molar-refractivity contribution < 1.29 is 18.3 Å². The molecule has 0 amide bonds. The SMILES string of the molecule is CCCNCC(O)CS(=O)(=O)CCOC. The van der Waals surface area contributed by atoms with Crippen LogP contribution < -0.4 is 5.32 Å². The maximum absolute atomic E-state index is 11.4. The Kier molecular flexibility index (Phi) is 7.95. The van der Waals surface area contributed by atoms with Crippen molar-refractivity contribution in [3.63, 3.8) is 0 Å². The predicted octanol–water partition coefficient (Wildman–Crippen LogP) is -0.592. The summed E-state index contributed by atoms with van der Waals surface area (Å²) in [5.74, 6) is -0.235. The quantitative estimate of drug-likeness (QED) is 0.526. The number of hydrogen-bond acceptors (Lipinski definition) is 5. The van der Waals surface area contributed by atoms with Crippen LogP contribution in [0.3, 0.4) is 0 Å². The molecule has 0 bridgehead atoms. The van der Waals surface area contributed by atoms with E-state index in [9.17, 15) is 13.5 Å². The number of nitrogens with one attached hydrogen (secondary N) is 1. The summed E-state index contributed by atoms with van der Waals surface area (Å²) in [4.78, 5) is 0. The van der Waals surface area contributed by atoms with Gasteiger partial charge in [-0.1, -0.05) is 6.92 Å². The zero-order valence-electron chi connectivity index (χ0n) is 9.40. The Morgan fingerprint density at radius 2 is 2.13 bits per heavy atom. The molecule has 1 atom stereocenters. The van der Waals surface area contributed by atoms with Gasteiger partial charge in [0.15, 0.2) is 9.84 Å². The molecule has 0 aliphatic carbocycles. The fourth-order valence-electron chi connectivity index (χ4n) is 1.09. The Bertz CT molecular complexity index is 240. The van der Waals surface area contributed by atoms with Crippen molar-refractivity contribution in [2.24, 2.45) is 0 Å². The first-order valence-corrected chi connectivity index (χ1v) is 6.92. The van der Waals surface area contributed by atoms with Gasteiger partial charge in [-0.3, -0.25) is 0 Å². The van der Waals surface area contributed by atoms with Gasteiger partial charge in [-0.05, 0) is 13.0 Å². The summed E-state index contributed by atoms with van der Waals surface area (Å²) in [7, 11) is -1.74. The molecule has 15 heavy (non-hydrogen) atoms. The maximum atomic E-state index is 11.4. The Labute approximate surface area is 91.7 Å². The standard InChI is InChI=1S/C9H21NO4S/c1-3-4-10-7-9(11)8-15(12,13)6-5-14-2/h9-11H,3-8H2,1-2H3. The normalized spacial score (nSPS) is 14.1. The molecule has 5 nitrogen and oxygen atoms in total. The second-order valence-electron chi connectivity index (χ2n) is 3.47. The highest BCUT2D eigenvalue weighted by atomic mass is 32.2. The van der Waals surface area contributed by atoms with Crippen molar-refractivity contribution in [3.05, 3.63) is 0 Å². The second-order valence-corrected chi connectivity index (χ2v) is 5.69. The van der Waals surface area contributed by atoms with E-state index in [2.05, 4.69) is 10.1 Å². The van der Waals surface area contributed by atoms with E-state index in [4.69, 9.17) is 0 Å². The summed E-state index contributed by atoms with van der Waals surface area (Å²) in [6.45, 7) is 3.29. The first-order valence-electron chi connectivity index (χ1n) is 5.10. The van der Waals surface area contributed by atoms with Gasteiger partial charge in [0.2, 0.25) is 0 Å². The largest absolute Gasteiger partial charge is 0.391 e. The van der Waals surface area contributed by atoms with E-state index in [0.717, 1.165) is 13.0 Å². The summed E-state index contributed by atoms with van der Waals surface area (Å²) in [6.07, 6.45) is 0.127. The van der Waals surface area contributed by atoms with E-state index < -0.39 is 15.9 Å². The molecule has 0 spiro atoms. The molecule has 0 rings (SSSR count). The van der Waals surface area contributed by atoms with Gasteiger partial charge in [0.25, 0.3) is 0 Å². The molecule has 2 N–H and O–H groups in total. The molecule has 6 heteroatoms. The molecule has 0 heterocycles. The zero-order chi connectivity index (χ0) is 11.7. The van der Waals surface area contributed by atoms with Gasteiger partial charge in [0.1, 0.15) is 0 Å². The van der Waals surface area contributed by atoms with Gasteiger partial charge >= 0.3 is 0 Å². The summed E-state index contributed by atoms with van der Waals surface area (Å²) in [5, 5.41) is 12.4. The molecule has 0 aliphatic rings. The summed E-state index contributed by atoms with van der Waals surface area (Å²) in [6, 6.07) is 0. The first-order chi connectivity index (χ1) is 7.02. The van der Waals surface area contributed by atoms with Crippen molar-refractivity contribution in [1.82, 2.24) is 5.32 Å². The van der Waals surface area contributed by atoms with Crippen LogP contribution in [-0.4, -0.2) is 57.9 Å². The molecule has 0 radical (unpaired) electrons. The number of ether oxygens (including phenoxy) is 1. The van der Waals surface area contributed by atoms with E-state index >= 15 is 0 Å². The summed E-state index contributed by atoms with van der Waals surface area (Å²) >= 11 is 0. The molecule has 0 aromatic heterocycles. The Balaban J connectivity index is 3.78. The van der Waals surface area contributed by atoms with Crippen LogP contribution in [0.25, 0.3) is 0 Å². The molecule has 0 fully saturated rings. The van der Waals surface area contributed by atoms with E-state index in [1.807, 2.05) is 6.92 Å². The lowest BCUT2D eigenvalue weighted by Crippen LogP contribution is -2.34. The minimum atomic E-state index is -3.20. The lowest BCUT2D eigenvalue weighted by Gasteiger charge is -2.11. The third-order valence-corrected chi connectivity index (χ3v) is 3.53. The van der Waals surface area contributed by atoms with Gasteiger partial charge in [-0.2, -0.15) is 0 Å². The second kappa shape index (κ2) is 8.04. The van der Waals surface area contributed by atoms with Crippen molar-refractivity contribution >= 4 is 9.84 Å². The van der Waals surface area contributed by atoms with Crippen LogP contribution in [0.4, 0.5) is 0 Å². The molecular weight excluding hydrogens is 218 g/mol. The number of sulfone groups is 1. The molecule has 1 unspecified atom stereocenters. The Morgan fingerprint density at radius 1 is 1.47 bits per heavy atom. The van der Waals surface area contributed by atoms with E-state index in [1.54, 1.807) is 0 Å². The highest BCUT2D eigenvalue weighted by molar-refractivity contribution is 7.91. The van der Waals surface area contributed by atoms with E-state index in [0.29, 0.717) is 6.54 Å². The first kappa shape index (κ1) is 14.8. The van der Waals surface area contributed by atoms with Crippen LogP contribution >= 0.6 is 0 Å². The smallest absolute Gasteiger partial charge is 0.155 e. The van der Waals surface area contributed by atoms with Crippen LogP contribution in [0.1, 0.15) is 13.3 Å². The number of rotatable bonds is 9. The van der Waals surface area contributed by atoms with Crippen LogP contribution in [0, 0.1) is 0 Å². The number of hydrogen-bond donors (Lipinski definition) is 2. The van der Waals surface area contributed by atoms with Gasteiger partial charge in [-0.15, -0.1) is 0 Å². The number of aliphatic hydroxyl groups excluding tert-OH is 1. The molecular formula is C9H21NO4S. The minimum absolute atomic E-state index is 0.0334. The van der Waals surface area contributed by atoms with Crippen LogP contribution in [0.2, 0.25) is 0 Å². The van der Waals surface area contributed by atoms with Gasteiger partial charge in [0.05, 0.1) is 24.2 Å². The van der Waals surface area contributed by atoms with Gasteiger partial charge in [0, 0.05) is 13.7 Å². The van der Waals surface area contributed by atoms with Crippen LogP contribution in [0.15, 0.2) is 0 Å². The molecule has 92 valence electrons. The van der Waals surface area contributed by atoms with Crippen molar-refractivity contribution in [3.8, 4) is 0 Å². The van der Waals surface area contributed by atoms with Crippen LogP contribution in [-0.2, 0) is 14.6 Å². The van der Waals surface area contributed by atoms with Gasteiger partial charge < -0.3 is 15.2 Å². The van der Waals surface area contributed by atoms with Crippen molar-refractivity contribution in [1.29, 1.82) is 0 Å². The number of methoxy groups -OCH3 is 1. The average Bonchev–Trinajstić information content (AvgIpc) is 2.14. The number of aliphatic hydroxyl groups is 1. The highest BCUT2D eigenvalue weighted by Gasteiger charge is 2.16. The fraction of sp³-hybridized carbons (Fsp3) is 1.00. The van der Waals surface area contributed by atoms with Crippen LogP contribution in [0.5, 0.6) is 0 Å². The summed E-state index contributed by atoms with van der Waals surface area (Å²) < 4.78 is 27.4.